The third kappa shape index (κ3) is 3.82. The molecule has 1 aromatic carbocycles. The van der Waals surface area contributed by atoms with Crippen LogP contribution in [0.2, 0.25) is 0 Å². The summed E-state index contributed by atoms with van der Waals surface area (Å²) in [4.78, 5) is 0. The molecule has 0 radical (unpaired) electrons. The highest BCUT2D eigenvalue weighted by molar-refractivity contribution is 5.28. The van der Waals surface area contributed by atoms with Crippen molar-refractivity contribution in [2.75, 3.05) is 13.7 Å². The molecule has 108 valence electrons. The lowest BCUT2D eigenvalue weighted by Gasteiger charge is -2.14. The first-order chi connectivity index (χ1) is 9.72. The largest absolute Gasteiger partial charge is 0.497 e. The van der Waals surface area contributed by atoms with E-state index in [1.165, 1.54) is 5.56 Å². The van der Waals surface area contributed by atoms with Gasteiger partial charge in [0.15, 0.2) is 0 Å². The van der Waals surface area contributed by atoms with Crippen LogP contribution in [-0.4, -0.2) is 28.6 Å². The van der Waals surface area contributed by atoms with Crippen LogP contribution in [0.1, 0.15) is 24.1 Å². The number of hydrogen-bond donors (Lipinski definition) is 2. The average Bonchev–Trinajstić information content (AvgIpc) is 2.93. The summed E-state index contributed by atoms with van der Waals surface area (Å²) in [5.74, 6) is 0.867. The van der Waals surface area contributed by atoms with E-state index in [-0.39, 0.29) is 12.6 Å². The van der Waals surface area contributed by atoms with Crippen molar-refractivity contribution < 1.29 is 9.84 Å². The molecule has 20 heavy (non-hydrogen) atoms. The van der Waals surface area contributed by atoms with E-state index in [4.69, 9.17) is 9.84 Å². The molecule has 0 aliphatic carbocycles. The highest BCUT2D eigenvalue weighted by Crippen LogP contribution is 2.17. The smallest absolute Gasteiger partial charge is 0.118 e. The Labute approximate surface area is 119 Å². The molecule has 0 bridgehead atoms. The molecule has 0 spiro atoms. The molecule has 1 heterocycles. The zero-order valence-electron chi connectivity index (χ0n) is 11.9. The molecule has 0 saturated heterocycles. The van der Waals surface area contributed by atoms with Gasteiger partial charge in [-0.15, -0.1) is 0 Å². The number of hydrogen-bond acceptors (Lipinski definition) is 4. The van der Waals surface area contributed by atoms with Gasteiger partial charge in [-0.05, 0) is 24.6 Å². The second-order valence-corrected chi connectivity index (χ2v) is 4.71. The van der Waals surface area contributed by atoms with E-state index in [0.29, 0.717) is 6.54 Å². The number of aromatic nitrogens is 2. The van der Waals surface area contributed by atoms with E-state index < -0.39 is 0 Å². The van der Waals surface area contributed by atoms with Gasteiger partial charge in [-0.25, -0.2) is 0 Å². The number of nitrogens with zero attached hydrogens (tertiary/aromatic N) is 2. The van der Waals surface area contributed by atoms with Crippen LogP contribution in [0, 0.1) is 0 Å². The SMILES string of the molecule is COc1ccc(C(C)NCc2cnn(CCO)c2)cc1. The molecule has 0 fully saturated rings. The molecule has 1 aromatic heterocycles. The summed E-state index contributed by atoms with van der Waals surface area (Å²) in [7, 11) is 1.67. The number of ether oxygens (including phenoxy) is 1. The maximum atomic E-state index is 8.85. The number of methoxy groups -OCH3 is 1. The van der Waals surface area contributed by atoms with E-state index in [1.54, 1.807) is 11.8 Å². The van der Waals surface area contributed by atoms with Gasteiger partial charge in [-0.2, -0.15) is 5.10 Å². The third-order valence-corrected chi connectivity index (χ3v) is 3.24. The van der Waals surface area contributed by atoms with Crippen LogP contribution in [0.5, 0.6) is 5.75 Å². The van der Waals surface area contributed by atoms with Gasteiger partial charge in [-0.3, -0.25) is 4.68 Å². The van der Waals surface area contributed by atoms with E-state index in [1.807, 2.05) is 24.5 Å². The topological polar surface area (TPSA) is 59.3 Å². The summed E-state index contributed by atoms with van der Waals surface area (Å²) in [6, 6.07) is 8.30. The Hall–Kier alpha value is -1.85. The molecule has 2 aromatic rings. The number of benzene rings is 1. The molecule has 1 unspecified atom stereocenters. The molecule has 5 nitrogen and oxygen atoms in total. The van der Waals surface area contributed by atoms with Gasteiger partial charge in [0.1, 0.15) is 5.75 Å². The van der Waals surface area contributed by atoms with Gasteiger partial charge in [-0.1, -0.05) is 12.1 Å². The minimum atomic E-state index is 0.108. The number of aliphatic hydroxyl groups is 1. The summed E-state index contributed by atoms with van der Waals surface area (Å²) in [6.07, 6.45) is 3.77. The highest BCUT2D eigenvalue weighted by Gasteiger charge is 2.06. The van der Waals surface area contributed by atoms with Crippen LogP contribution in [-0.2, 0) is 13.1 Å². The van der Waals surface area contributed by atoms with Crippen molar-refractivity contribution in [1.82, 2.24) is 15.1 Å². The first-order valence-electron chi connectivity index (χ1n) is 6.72. The van der Waals surface area contributed by atoms with Gasteiger partial charge in [0.05, 0.1) is 26.5 Å². The number of aliphatic hydroxyl groups excluding tert-OH is 1. The second-order valence-electron chi connectivity index (χ2n) is 4.71. The highest BCUT2D eigenvalue weighted by atomic mass is 16.5. The Kier molecular flexibility index (Phi) is 5.15. The van der Waals surface area contributed by atoms with Crippen molar-refractivity contribution in [3.05, 3.63) is 47.8 Å². The Morgan fingerprint density at radius 3 is 2.75 bits per heavy atom. The van der Waals surface area contributed by atoms with Gasteiger partial charge in [0.25, 0.3) is 0 Å². The Balaban J connectivity index is 1.88. The molecule has 2 rings (SSSR count). The molecule has 0 aliphatic heterocycles. The van der Waals surface area contributed by atoms with Crippen LogP contribution in [0.3, 0.4) is 0 Å². The van der Waals surface area contributed by atoms with Crippen molar-refractivity contribution in [2.45, 2.75) is 26.1 Å². The monoisotopic (exact) mass is 275 g/mol. The maximum absolute atomic E-state index is 8.85. The minimum Gasteiger partial charge on any atom is -0.497 e. The molecule has 0 aliphatic rings. The van der Waals surface area contributed by atoms with Crippen molar-refractivity contribution in [2.24, 2.45) is 0 Å². The lowest BCUT2D eigenvalue weighted by atomic mass is 10.1. The first kappa shape index (κ1) is 14.6. The average molecular weight is 275 g/mol. The van der Waals surface area contributed by atoms with Gasteiger partial charge in [0, 0.05) is 24.3 Å². The lowest BCUT2D eigenvalue weighted by Crippen LogP contribution is -2.17. The third-order valence-electron chi connectivity index (χ3n) is 3.24. The van der Waals surface area contributed by atoms with E-state index in [9.17, 15) is 0 Å². The molecular formula is C15H21N3O2. The second kappa shape index (κ2) is 7.07. The lowest BCUT2D eigenvalue weighted by molar-refractivity contribution is 0.269. The summed E-state index contributed by atoms with van der Waals surface area (Å²) < 4.78 is 6.90. The zero-order valence-corrected chi connectivity index (χ0v) is 11.9. The quantitative estimate of drug-likeness (QED) is 0.808. The van der Waals surface area contributed by atoms with Crippen LogP contribution >= 0.6 is 0 Å². The van der Waals surface area contributed by atoms with Gasteiger partial charge < -0.3 is 15.2 Å². The van der Waals surface area contributed by atoms with Crippen LogP contribution in [0.15, 0.2) is 36.7 Å². The van der Waals surface area contributed by atoms with Crippen molar-refractivity contribution >= 4 is 0 Å². The summed E-state index contributed by atoms with van der Waals surface area (Å²) in [5, 5.41) is 16.5. The van der Waals surface area contributed by atoms with Crippen molar-refractivity contribution in [3.8, 4) is 5.75 Å². The predicted octanol–water partition coefficient (Wildman–Crippen LogP) is 1.73. The molecule has 0 amide bonds. The summed E-state index contributed by atoms with van der Waals surface area (Å²) in [5.41, 5.74) is 2.33. The molecule has 1 atom stereocenters. The van der Waals surface area contributed by atoms with Crippen molar-refractivity contribution in [3.63, 3.8) is 0 Å². The first-order valence-corrected chi connectivity index (χ1v) is 6.72. The minimum absolute atomic E-state index is 0.108. The predicted molar refractivity (Wildman–Crippen MR) is 77.6 cm³/mol. The summed E-state index contributed by atoms with van der Waals surface area (Å²) >= 11 is 0. The number of nitrogens with one attached hydrogen (secondary N) is 1. The summed E-state index contributed by atoms with van der Waals surface area (Å²) in [6.45, 7) is 3.52. The van der Waals surface area contributed by atoms with Gasteiger partial charge >= 0.3 is 0 Å². The Bertz CT molecular complexity index is 522. The normalized spacial score (nSPS) is 12.3. The van der Waals surface area contributed by atoms with E-state index >= 15 is 0 Å². The standard InChI is InChI=1S/C15H21N3O2/c1-12(14-3-5-15(20-2)6-4-14)16-9-13-10-17-18(11-13)7-8-19/h3-6,10-12,16,19H,7-9H2,1-2H3. The fourth-order valence-electron chi connectivity index (χ4n) is 2.00. The molecule has 2 N–H and O–H groups in total. The molecule has 5 heteroatoms. The number of rotatable bonds is 7. The fourth-order valence-corrected chi connectivity index (χ4v) is 2.00. The van der Waals surface area contributed by atoms with Crippen LogP contribution < -0.4 is 10.1 Å². The zero-order chi connectivity index (χ0) is 14.4. The Morgan fingerprint density at radius 2 is 2.10 bits per heavy atom. The Morgan fingerprint density at radius 1 is 1.35 bits per heavy atom. The van der Waals surface area contributed by atoms with Crippen LogP contribution in [0.25, 0.3) is 0 Å². The maximum Gasteiger partial charge on any atom is 0.118 e. The molecule has 0 saturated carbocycles. The van der Waals surface area contributed by atoms with Crippen LogP contribution in [0.4, 0.5) is 0 Å². The molecular weight excluding hydrogens is 254 g/mol. The van der Waals surface area contributed by atoms with Crippen molar-refractivity contribution in [1.29, 1.82) is 0 Å². The van der Waals surface area contributed by atoms with E-state index in [0.717, 1.165) is 17.9 Å². The van der Waals surface area contributed by atoms with Gasteiger partial charge in [0.2, 0.25) is 0 Å². The van der Waals surface area contributed by atoms with E-state index in [2.05, 4.69) is 29.5 Å². The fraction of sp³-hybridized carbons (Fsp3) is 0.400.